The fraction of sp³-hybridized carbons (Fsp3) is 0.346. The number of guanidine groups is 1. The summed E-state index contributed by atoms with van der Waals surface area (Å²) in [5.74, 6) is 0.633. The SMILES string of the molecule is CC(C)N1CCN(c2ccc(C3=C4N=C(N(C)C)N=C4c4ccccc4C3=O)cc2)CC1. The molecule has 0 unspecified atom stereocenters. The van der Waals surface area contributed by atoms with Gasteiger partial charge in [-0.05, 0) is 31.5 Å². The Kier molecular flexibility index (Phi) is 5.18. The summed E-state index contributed by atoms with van der Waals surface area (Å²) < 4.78 is 0. The lowest BCUT2D eigenvalue weighted by molar-refractivity contribution is 0.105. The van der Waals surface area contributed by atoms with Gasteiger partial charge in [0.05, 0.1) is 5.57 Å². The summed E-state index contributed by atoms with van der Waals surface area (Å²) in [5.41, 5.74) is 5.73. The summed E-state index contributed by atoms with van der Waals surface area (Å²) in [4.78, 5) is 29.8. The fourth-order valence-corrected chi connectivity index (χ4v) is 4.63. The molecule has 0 saturated carbocycles. The summed E-state index contributed by atoms with van der Waals surface area (Å²) >= 11 is 0. The molecule has 1 aliphatic carbocycles. The van der Waals surface area contributed by atoms with E-state index in [9.17, 15) is 4.79 Å². The Labute approximate surface area is 189 Å². The summed E-state index contributed by atoms with van der Waals surface area (Å²) in [5, 5.41) is 0. The number of hydrogen-bond donors (Lipinski definition) is 0. The molecule has 2 heterocycles. The predicted molar refractivity (Wildman–Crippen MR) is 131 cm³/mol. The van der Waals surface area contributed by atoms with Gasteiger partial charge in [0.15, 0.2) is 5.78 Å². The lowest BCUT2D eigenvalue weighted by atomic mass is 9.84. The summed E-state index contributed by atoms with van der Waals surface area (Å²) in [6.07, 6.45) is 0. The van der Waals surface area contributed by atoms with Gasteiger partial charge in [0.2, 0.25) is 5.96 Å². The highest BCUT2D eigenvalue weighted by molar-refractivity contribution is 6.43. The monoisotopic (exact) mass is 427 g/mol. The van der Waals surface area contributed by atoms with E-state index >= 15 is 0 Å². The average molecular weight is 428 g/mol. The van der Waals surface area contributed by atoms with E-state index in [-0.39, 0.29) is 5.78 Å². The molecule has 0 amide bonds. The van der Waals surface area contributed by atoms with Crippen LogP contribution in [0.15, 0.2) is 64.2 Å². The van der Waals surface area contributed by atoms with Crippen LogP contribution in [0.3, 0.4) is 0 Å². The fourth-order valence-electron chi connectivity index (χ4n) is 4.63. The number of rotatable bonds is 3. The number of Topliss-reactive ketones (excluding diaryl/α,β-unsaturated/α-hetero) is 1. The van der Waals surface area contributed by atoms with E-state index in [1.54, 1.807) is 0 Å². The number of allylic oxidation sites excluding steroid dienone is 2. The number of ketones is 1. The number of benzene rings is 2. The van der Waals surface area contributed by atoms with Crippen LogP contribution in [-0.2, 0) is 0 Å². The molecule has 6 nitrogen and oxygen atoms in total. The van der Waals surface area contributed by atoms with E-state index < -0.39 is 0 Å². The number of nitrogens with zero attached hydrogens (tertiary/aromatic N) is 5. The number of carbonyl (C=O) groups excluding carboxylic acids is 1. The van der Waals surface area contributed by atoms with Crippen molar-refractivity contribution in [3.63, 3.8) is 0 Å². The maximum Gasteiger partial charge on any atom is 0.226 e. The zero-order valence-corrected chi connectivity index (χ0v) is 19.2. The normalized spacial score (nSPS) is 18.5. The van der Waals surface area contributed by atoms with E-state index in [4.69, 9.17) is 9.98 Å². The second-order valence-electron chi connectivity index (χ2n) is 9.03. The Balaban J connectivity index is 1.49. The molecule has 5 rings (SSSR count). The molecule has 2 aliphatic heterocycles. The van der Waals surface area contributed by atoms with Crippen molar-refractivity contribution in [2.45, 2.75) is 19.9 Å². The molecule has 6 heteroatoms. The topological polar surface area (TPSA) is 51.5 Å². The van der Waals surface area contributed by atoms with Gasteiger partial charge in [0, 0.05) is 63.1 Å². The third kappa shape index (κ3) is 3.45. The second-order valence-corrected chi connectivity index (χ2v) is 9.03. The minimum atomic E-state index is 0.0107. The van der Waals surface area contributed by atoms with E-state index in [1.165, 1.54) is 5.69 Å². The molecular formula is C26H29N5O. The predicted octanol–water partition coefficient (Wildman–Crippen LogP) is 3.54. The average Bonchev–Trinajstić information content (AvgIpc) is 3.25. The number of aliphatic imine (C=N–C) groups is 2. The van der Waals surface area contributed by atoms with Crippen LogP contribution in [0.1, 0.15) is 35.3 Å². The van der Waals surface area contributed by atoms with Gasteiger partial charge in [-0.2, -0.15) is 0 Å². The molecule has 2 aromatic rings. The molecule has 2 aromatic carbocycles. The standard InChI is InChI=1S/C26H29N5O/c1-17(2)30-13-15-31(16-14-30)19-11-9-18(10-12-19)22-24-23(27-26(28-24)29(3)4)20-7-5-6-8-21(20)25(22)32/h5-12,17H,13-16H2,1-4H3. The first kappa shape index (κ1) is 20.6. The van der Waals surface area contributed by atoms with Gasteiger partial charge < -0.3 is 9.80 Å². The zero-order valence-electron chi connectivity index (χ0n) is 19.2. The zero-order chi connectivity index (χ0) is 22.4. The number of piperazine rings is 1. The first-order valence-corrected chi connectivity index (χ1v) is 11.3. The molecule has 0 radical (unpaired) electrons. The van der Waals surface area contributed by atoms with Crippen molar-refractivity contribution in [1.82, 2.24) is 9.80 Å². The molecule has 1 saturated heterocycles. The molecule has 1 fully saturated rings. The molecule has 0 spiro atoms. The van der Waals surface area contributed by atoms with Gasteiger partial charge in [-0.15, -0.1) is 0 Å². The lowest BCUT2D eigenvalue weighted by Gasteiger charge is -2.38. The van der Waals surface area contributed by atoms with Gasteiger partial charge in [-0.1, -0.05) is 36.4 Å². The number of carbonyl (C=O) groups is 1. The van der Waals surface area contributed by atoms with Crippen LogP contribution in [0, 0.1) is 0 Å². The number of anilines is 1. The Morgan fingerprint density at radius 1 is 0.875 bits per heavy atom. The Bertz CT molecular complexity index is 1150. The molecule has 3 aliphatic rings. The highest BCUT2D eigenvalue weighted by atomic mass is 16.1. The van der Waals surface area contributed by atoms with Gasteiger partial charge in [0.1, 0.15) is 11.4 Å². The summed E-state index contributed by atoms with van der Waals surface area (Å²) in [7, 11) is 3.84. The van der Waals surface area contributed by atoms with Crippen LogP contribution >= 0.6 is 0 Å². The van der Waals surface area contributed by atoms with Crippen molar-refractivity contribution in [2.75, 3.05) is 45.2 Å². The highest BCUT2D eigenvalue weighted by Gasteiger charge is 2.35. The minimum Gasteiger partial charge on any atom is -0.369 e. The summed E-state index contributed by atoms with van der Waals surface area (Å²) in [6.45, 7) is 8.70. The van der Waals surface area contributed by atoms with Crippen molar-refractivity contribution >= 4 is 28.7 Å². The Morgan fingerprint density at radius 3 is 2.16 bits per heavy atom. The van der Waals surface area contributed by atoms with Crippen LogP contribution < -0.4 is 4.90 Å². The van der Waals surface area contributed by atoms with Crippen molar-refractivity contribution < 1.29 is 4.79 Å². The third-order valence-corrected chi connectivity index (χ3v) is 6.50. The van der Waals surface area contributed by atoms with Crippen LogP contribution in [0.25, 0.3) is 5.57 Å². The number of fused-ring (bicyclic) bond motifs is 3. The maximum absolute atomic E-state index is 13.5. The van der Waals surface area contributed by atoms with E-state index in [0.717, 1.165) is 43.0 Å². The van der Waals surface area contributed by atoms with Crippen LogP contribution in [0.5, 0.6) is 0 Å². The minimum absolute atomic E-state index is 0.0107. The Hall–Kier alpha value is -3.25. The van der Waals surface area contributed by atoms with Gasteiger partial charge in [0.25, 0.3) is 0 Å². The van der Waals surface area contributed by atoms with Crippen molar-refractivity contribution in [3.8, 4) is 0 Å². The van der Waals surface area contributed by atoms with Crippen molar-refractivity contribution in [3.05, 3.63) is 70.9 Å². The van der Waals surface area contributed by atoms with Crippen molar-refractivity contribution in [2.24, 2.45) is 9.98 Å². The van der Waals surface area contributed by atoms with E-state index in [2.05, 4.69) is 47.9 Å². The van der Waals surface area contributed by atoms with Gasteiger partial charge in [-0.3, -0.25) is 9.69 Å². The quantitative estimate of drug-likeness (QED) is 0.752. The first-order chi connectivity index (χ1) is 15.4. The Morgan fingerprint density at radius 2 is 1.53 bits per heavy atom. The molecule has 0 aromatic heterocycles. The molecule has 0 atom stereocenters. The third-order valence-electron chi connectivity index (χ3n) is 6.50. The van der Waals surface area contributed by atoms with E-state index in [1.807, 2.05) is 43.3 Å². The van der Waals surface area contributed by atoms with Crippen LogP contribution in [-0.4, -0.2) is 73.6 Å². The maximum atomic E-state index is 13.5. The van der Waals surface area contributed by atoms with Crippen molar-refractivity contribution in [1.29, 1.82) is 0 Å². The van der Waals surface area contributed by atoms with Crippen LogP contribution in [0.2, 0.25) is 0 Å². The van der Waals surface area contributed by atoms with E-state index in [0.29, 0.717) is 28.8 Å². The number of hydrogen-bond acceptors (Lipinski definition) is 6. The molecule has 0 N–H and O–H groups in total. The highest BCUT2D eigenvalue weighted by Crippen LogP contribution is 2.36. The molecule has 32 heavy (non-hydrogen) atoms. The van der Waals surface area contributed by atoms with Crippen LogP contribution in [0.4, 0.5) is 5.69 Å². The lowest BCUT2D eigenvalue weighted by Crippen LogP contribution is -2.48. The molecule has 0 bridgehead atoms. The largest absolute Gasteiger partial charge is 0.369 e. The second kappa shape index (κ2) is 8.02. The summed E-state index contributed by atoms with van der Waals surface area (Å²) in [6, 6.07) is 16.6. The molecular weight excluding hydrogens is 398 g/mol. The first-order valence-electron chi connectivity index (χ1n) is 11.3. The van der Waals surface area contributed by atoms with Gasteiger partial charge in [-0.25, -0.2) is 9.98 Å². The van der Waals surface area contributed by atoms with Gasteiger partial charge >= 0.3 is 0 Å². The smallest absolute Gasteiger partial charge is 0.226 e. The molecule has 164 valence electrons.